The molecule has 0 aromatic carbocycles. The molecule has 5 nitrogen and oxygen atoms in total. The quantitative estimate of drug-likeness (QED) is 0.625. The van der Waals surface area contributed by atoms with E-state index in [-0.39, 0.29) is 11.7 Å². The maximum Gasteiger partial charge on any atom is 0.321 e. The van der Waals surface area contributed by atoms with Gasteiger partial charge in [0.25, 0.3) is 0 Å². The van der Waals surface area contributed by atoms with Crippen molar-refractivity contribution in [3.8, 4) is 0 Å². The molecule has 1 aliphatic carbocycles. The van der Waals surface area contributed by atoms with Crippen molar-refractivity contribution >= 4 is 23.7 Å². The van der Waals surface area contributed by atoms with Gasteiger partial charge in [-0.3, -0.25) is 10.1 Å². The van der Waals surface area contributed by atoms with Gasteiger partial charge in [-0.1, -0.05) is 29.5 Å². The Morgan fingerprint density at radius 2 is 2.18 bits per heavy atom. The van der Waals surface area contributed by atoms with Crippen LogP contribution in [-0.2, 0) is 4.79 Å². The number of thioether (sulfide) groups is 1. The SMILES string of the molecule is O=C(CSc1ccccn1)NC(=O)NCCC1=CCCCC1. The fourth-order valence-electron chi connectivity index (χ4n) is 2.25. The van der Waals surface area contributed by atoms with Crippen LogP contribution in [0.2, 0.25) is 0 Å². The highest BCUT2D eigenvalue weighted by Crippen LogP contribution is 2.19. The van der Waals surface area contributed by atoms with E-state index in [1.54, 1.807) is 6.20 Å². The summed E-state index contributed by atoms with van der Waals surface area (Å²) in [5, 5.41) is 5.82. The van der Waals surface area contributed by atoms with Gasteiger partial charge in [-0.25, -0.2) is 9.78 Å². The molecule has 3 amide bonds. The van der Waals surface area contributed by atoms with Crippen molar-refractivity contribution in [2.45, 2.75) is 37.1 Å². The number of imide groups is 1. The summed E-state index contributed by atoms with van der Waals surface area (Å²) in [6.45, 7) is 0.568. The first-order valence-electron chi connectivity index (χ1n) is 7.53. The number of carbonyl (C=O) groups excluding carboxylic acids is 2. The molecule has 0 atom stereocenters. The molecule has 118 valence electrons. The molecule has 1 aliphatic rings. The van der Waals surface area contributed by atoms with Crippen LogP contribution in [0.15, 0.2) is 41.1 Å². The number of aromatic nitrogens is 1. The topological polar surface area (TPSA) is 71.1 Å². The summed E-state index contributed by atoms with van der Waals surface area (Å²) in [5.74, 6) is -0.139. The van der Waals surface area contributed by atoms with E-state index in [0.29, 0.717) is 6.54 Å². The molecular weight excluding hydrogens is 298 g/mol. The predicted octanol–water partition coefficient (Wildman–Crippen LogP) is 2.89. The van der Waals surface area contributed by atoms with Gasteiger partial charge < -0.3 is 5.32 Å². The molecule has 0 unspecified atom stereocenters. The zero-order chi connectivity index (χ0) is 15.6. The number of hydrogen-bond donors (Lipinski definition) is 2. The molecule has 0 saturated carbocycles. The van der Waals surface area contributed by atoms with Gasteiger partial charge in [0.2, 0.25) is 5.91 Å². The van der Waals surface area contributed by atoms with Crippen molar-refractivity contribution < 1.29 is 9.59 Å². The first-order chi connectivity index (χ1) is 10.7. The van der Waals surface area contributed by atoms with E-state index in [0.717, 1.165) is 24.3 Å². The number of urea groups is 1. The third kappa shape index (κ3) is 6.30. The summed E-state index contributed by atoms with van der Waals surface area (Å²) < 4.78 is 0. The van der Waals surface area contributed by atoms with Crippen LogP contribution < -0.4 is 10.6 Å². The van der Waals surface area contributed by atoms with E-state index in [1.807, 2.05) is 18.2 Å². The zero-order valence-electron chi connectivity index (χ0n) is 12.5. The lowest BCUT2D eigenvalue weighted by Crippen LogP contribution is -2.40. The standard InChI is InChI=1S/C16H21N3O2S/c20-14(12-22-15-8-4-5-10-17-15)19-16(21)18-11-9-13-6-2-1-3-7-13/h4-6,8,10H,1-3,7,9,11-12H2,(H2,18,19,20,21). The summed E-state index contributed by atoms with van der Waals surface area (Å²) >= 11 is 1.30. The van der Waals surface area contributed by atoms with Crippen molar-refractivity contribution in [3.05, 3.63) is 36.0 Å². The first kappa shape index (κ1) is 16.5. The number of nitrogens with one attached hydrogen (secondary N) is 2. The first-order valence-corrected chi connectivity index (χ1v) is 8.52. The lowest BCUT2D eigenvalue weighted by molar-refractivity contribution is -0.117. The number of amides is 3. The van der Waals surface area contributed by atoms with Crippen molar-refractivity contribution in [2.75, 3.05) is 12.3 Å². The van der Waals surface area contributed by atoms with E-state index in [1.165, 1.54) is 30.2 Å². The molecule has 0 spiro atoms. The second kappa shape index (κ2) is 9.25. The lowest BCUT2D eigenvalue weighted by Gasteiger charge is -2.13. The van der Waals surface area contributed by atoms with Gasteiger partial charge in [0.05, 0.1) is 10.8 Å². The van der Waals surface area contributed by atoms with E-state index in [4.69, 9.17) is 0 Å². The lowest BCUT2D eigenvalue weighted by atomic mass is 9.97. The smallest absolute Gasteiger partial charge is 0.321 e. The van der Waals surface area contributed by atoms with Crippen LogP contribution in [-0.4, -0.2) is 29.2 Å². The van der Waals surface area contributed by atoms with Crippen LogP contribution in [0.4, 0.5) is 4.79 Å². The van der Waals surface area contributed by atoms with E-state index < -0.39 is 6.03 Å². The van der Waals surface area contributed by atoms with Crippen LogP contribution in [0.1, 0.15) is 32.1 Å². The van der Waals surface area contributed by atoms with E-state index in [2.05, 4.69) is 21.7 Å². The van der Waals surface area contributed by atoms with Gasteiger partial charge in [-0.05, 0) is 44.2 Å². The normalized spacial score (nSPS) is 14.1. The van der Waals surface area contributed by atoms with Crippen molar-refractivity contribution in [2.24, 2.45) is 0 Å². The van der Waals surface area contributed by atoms with Gasteiger partial charge in [-0.15, -0.1) is 0 Å². The molecule has 1 aromatic rings. The van der Waals surface area contributed by atoms with E-state index in [9.17, 15) is 9.59 Å². The van der Waals surface area contributed by atoms with Gasteiger partial charge in [0.1, 0.15) is 0 Å². The maximum absolute atomic E-state index is 11.7. The van der Waals surface area contributed by atoms with Gasteiger partial charge in [0, 0.05) is 12.7 Å². The number of carbonyl (C=O) groups is 2. The molecule has 22 heavy (non-hydrogen) atoms. The molecule has 0 bridgehead atoms. The highest BCUT2D eigenvalue weighted by Gasteiger charge is 2.09. The minimum Gasteiger partial charge on any atom is -0.337 e. The third-order valence-corrected chi connectivity index (χ3v) is 4.30. The average molecular weight is 319 g/mol. The van der Waals surface area contributed by atoms with Crippen LogP contribution >= 0.6 is 11.8 Å². The number of nitrogens with zero attached hydrogens (tertiary/aromatic N) is 1. The highest BCUT2D eigenvalue weighted by atomic mass is 32.2. The maximum atomic E-state index is 11.7. The van der Waals surface area contributed by atoms with Crippen molar-refractivity contribution in [1.29, 1.82) is 0 Å². The van der Waals surface area contributed by atoms with Crippen LogP contribution in [0.3, 0.4) is 0 Å². The Hall–Kier alpha value is -1.82. The Kier molecular flexibility index (Phi) is 6.96. The number of allylic oxidation sites excluding steroid dienone is 1. The summed E-state index contributed by atoms with van der Waals surface area (Å²) in [7, 11) is 0. The van der Waals surface area contributed by atoms with Gasteiger partial charge >= 0.3 is 6.03 Å². The average Bonchev–Trinajstić information content (AvgIpc) is 2.55. The van der Waals surface area contributed by atoms with Gasteiger partial charge in [-0.2, -0.15) is 0 Å². The molecule has 6 heteroatoms. The summed E-state index contributed by atoms with van der Waals surface area (Å²) in [5.41, 5.74) is 1.41. The molecule has 0 aliphatic heterocycles. The third-order valence-electron chi connectivity index (χ3n) is 3.36. The number of pyridine rings is 1. The molecule has 0 radical (unpaired) electrons. The Morgan fingerprint density at radius 3 is 2.91 bits per heavy atom. The minimum atomic E-state index is -0.428. The van der Waals surface area contributed by atoms with Crippen molar-refractivity contribution in [1.82, 2.24) is 15.6 Å². The Bertz CT molecular complexity index is 531. The van der Waals surface area contributed by atoms with Crippen LogP contribution in [0.25, 0.3) is 0 Å². The van der Waals surface area contributed by atoms with Gasteiger partial charge in [0.15, 0.2) is 0 Å². The summed E-state index contributed by atoms with van der Waals surface area (Å²) in [4.78, 5) is 27.4. The summed E-state index contributed by atoms with van der Waals surface area (Å²) in [6, 6.07) is 5.08. The molecule has 2 N–H and O–H groups in total. The van der Waals surface area contributed by atoms with Crippen LogP contribution in [0.5, 0.6) is 0 Å². The Balaban J connectivity index is 1.59. The molecule has 1 heterocycles. The largest absolute Gasteiger partial charge is 0.337 e. The minimum absolute atomic E-state index is 0.176. The molecule has 0 fully saturated rings. The summed E-state index contributed by atoms with van der Waals surface area (Å²) in [6.07, 6.45) is 9.57. The monoisotopic (exact) mass is 319 g/mol. The molecular formula is C16H21N3O2S. The Morgan fingerprint density at radius 1 is 1.27 bits per heavy atom. The zero-order valence-corrected chi connectivity index (χ0v) is 13.3. The molecule has 2 rings (SSSR count). The van der Waals surface area contributed by atoms with Crippen molar-refractivity contribution in [3.63, 3.8) is 0 Å². The fraction of sp³-hybridized carbons (Fsp3) is 0.438. The van der Waals surface area contributed by atoms with E-state index >= 15 is 0 Å². The highest BCUT2D eigenvalue weighted by molar-refractivity contribution is 7.99. The number of hydrogen-bond acceptors (Lipinski definition) is 4. The fourth-order valence-corrected chi connectivity index (χ4v) is 2.91. The molecule has 1 aromatic heterocycles. The molecule has 0 saturated heterocycles. The van der Waals surface area contributed by atoms with Crippen LogP contribution in [0, 0.1) is 0 Å². The Labute approximate surface area is 135 Å². The predicted molar refractivity (Wildman–Crippen MR) is 87.7 cm³/mol. The second-order valence-corrected chi connectivity index (χ2v) is 6.11. The second-order valence-electron chi connectivity index (χ2n) is 5.12. The number of rotatable bonds is 6.